The van der Waals surface area contributed by atoms with Gasteiger partial charge in [0.1, 0.15) is 6.33 Å². The van der Waals surface area contributed by atoms with E-state index in [0.29, 0.717) is 5.82 Å². The summed E-state index contributed by atoms with van der Waals surface area (Å²) in [6.45, 7) is 12.4. The molecule has 134 valence electrons. The first-order valence-electron chi connectivity index (χ1n) is 8.83. The van der Waals surface area contributed by atoms with E-state index in [-0.39, 0.29) is 11.4 Å². The normalized spacial score (nSPS) is 16.2. The summed E-state index contributed by atoms with van der Waals surface area (Å²) in [6.07, 6.45) is 1.64. The van der Waals surface area contributed by atoms with Gasteiger partial charge in [-0.1, -0.05) is 24.3 Å². The highest BCUT2D eigenvalue weighted by Gasteiger charge is 2.26. The molecule has 0 radical (unpaired) electrons. The van der Waals surface area contributed by atoms with Crippen molar-refractivity contribution in [2.75, 3.05) is 26.2 Å². The monoisotopic (exact) mass is 341 g/mol. The number of hydrogen-bond acceptors (Lipinski definition) is 4. The van der Waals surface area contributed by atoms with E-state index < -0.39 is 0 Å². The molecule has 0 N–H and O–H groups in total. The highest BCUT2D eigenvalue weighted by Crippen LogP contribution is 2.15. The van der Waals surface area contributed by atoms with Gasteiger partial charge in [-0.05, 0) is 38.8 Å². The Labute approximate surface area is 149 Å². The fraction of sp³-hybridized carbons (Fsp3) is 0.526. The maximum Gasteiger partial charge on any atom is 0.293 e. The van der Waals surface area contributed by atoms with Crippen molar-refractivity contribution < 1.29 is 4.79 Å². The van der Waals surface area contributed by atoms with Crippen LogP contribution in [0.3, 0.4) is 0 Å². The van der Waals surface area contributed by atoms with Gasteiger partial charge in [0, 0.05) is 32.7 Å². The Morgan fingerprint density at radius 3 is 2.40 bits per heavy atom. The minimum atomic E-state index is -0.169. The highest BCUT2D eigenvalue weighted by molar-refractivity contribution is 5.90. The number of amides is 1. The summed E-state index contributed by atoms with van der Waals surface area (Å²) in [5.74, 6) is 0.223. The molecular weight excluding hydrogens is 314 g/mol. The topological polar surface area (TPSA) is 54.3 Å². The standard InChI is InChI=1S/C19H27N5O/c1-15-7-5-6-8-16(15)13-22-9-11-23(12-10-22)18(25)17-20-14-24(21-17)19(2,3)4/h5-8,14H,9-13H2,1-4H3. The minimum absolute atomic E-state index is 0.0708. The molecule has 1 aromatic heterocycles. The van der Waals surface area contributed by atoms with Crippen LogP contribution < -0.4 is 0 Å². The average Bonchev–Trinajstić information content (AvgIpc) is 3.07. The van der Waals surface area contributed by atoms with Gasteiger partial charge in [-0.25, -0.2) is 9.67 Å². The van der Waals surface area contributed by atoms with E-state index in [9.17, 15) is 4.79 Å². The fourth-order valence-electron chi connectivity index (χ4n) is 2.96. The molecule has 1 aromatic carbocycles. The first kappa shape index (κ1) is 17.6. The summed E-state index contributed by atoms with van der Waals surface area (Å²) < 4.78 is 1.74. The third kappa shape index (κ3) is 4.07. The highest BCUT2D eigenvalue weighted by atomic mass is 16.2. The molecule has 2 heterocycles. The van der Waals surface area contributed by atoms with Crippen LogP contribution in [-0.2, 0) is 12.1 Å². The second-order valence-corrected chi connectivity index (χ2v) is 7.68. The second kappa shape index (κ2) is 6.96. The van der Waals surface area contributed by atoms with Crippen molar-refractivity contribution in [3.63, 3.8) is 0 Å². The zero-order valence-electron chi connectivity index (χ0n) is 15.6. The van der Waals surface area contributed by atoms with Gasteiger partial charge >= 0.3 is 0 Å². The molecule has 1 saturated heterocycles. The van der Waals surface area contributed by atoms with Crippen molar-refractivity contribution in [1.29, 1.82) is 0 Å². The quantitative estimate of drug-likeness (QED) is 0.860. The number of aromatic nitrogens is 3. The van der Waals surface area contributed by atoms with Crippen molar-refractivity contribution in [1.82, 2.24) is 24.6 Å². The molecule has 0 spiro atoms. The Bertz CT molecular complexity index is 738. The Hall–Kier alpha value is -2.21. The lowest BCUT2D eigenvalue weighted by atomic mass is 10.1. The fourth-order valence-corrected chi connectivity index (χ4v) is 2.96. The third-order valence-electron chi connectivity index (χ3n) is 4.69. The summed E-state index contributed by atoms with van der Waals surface area (Å²) in [7, 11) is 0. The van der Waals surface area contributed by atoms with Crippen molar-refractivity contribution >= 4 is 5.91 Å². The van der Waals surface area contributed by atoms with Gasteiger partial charge < -0.3 is 4.90 Å². The second-order valence-electron chi connectivity index (χ2n) is 7.68. The minimum Gasteiger partial charge on any atom is -0.333 e. The lowest BCUT2D eigenvalue weighted by Gasteiger charge is -2.34. The molecule has 0 bridgehead atoms. The predicted octanol–water partition coefficient (Wildman–Crippen LogP) is 2.30. The van der Waals surface area contributed by atoms with E-state index in [2.05, 4.69) is 46.2 Å². The lowest BCUT2D eigenvalue weighted by molar-refractivity contribution is 0.0615. The van der Waals surface area contributed by atoms with Crippen molar-refractivity contribution in [3.05, 3.63) is 47.5 Å². The molecule has 0 saturated carbocycles. The first-order valence-corrected chi connectivity index (χ1v) is 8.83. The smallest absolute Gasteiger partial charge is 0.293 e. The lowest BCUT2D eigenvalue weighted by Crippen LogP contribution is -2.48. The van der Waals surface area contributed by atoms with Crippen LogP contribution in [0, 0.1) is 6.92 Å². The van der Waals surface area contributed by atoms with Gasteiger partial charge in [0.05, 0.1) is 5.54 Å². The maximum atomic E-state index is 12.6. The first-order chi connectivity index (χ1) is 11.8. The largest absolute Gasteiger partial charge is 0.333 e. The number of benzene rings is 1. The summed E-state index contributed by atoms with van der Waals surface area (Å²) in [5.41, 5.74) is 2.50. The van der Waals surface area contributed by atoms with E-state index in [1.54, 1.807) is 11.0 Å². The molecule has 6 heteroatoms. The van der Waals surface area contributed by atoms with Gasteiger partial charge in [-0.15, -0.1) is 5.10 Å². The molecule has 6 nitrogen and oxygen atoms in total. The molecule has 0 aliphatic carbocycles. The zero-order chi connectivity index (χ0) is 18.0. The van der Waals surface area contributed by atoms with Crippen molar-refractivity contribution in [2.45, 2.75) is 39.8 Å². The Morgan fingerprint density at radius 1 is 1.12 bits per heavy atom. The van der Waals surface area contributed by atoms with Crippen molar-refractivity contribution in [2.24, 2.45) is 0 Å². The number of carbonyl (C=O) groups excluding carboxylic acids is 1. The Balaban J connectivity index is 1.58. The molecule has 25 heavy (non-hydrogen) atoms. The molecule has 0 unspecified atom stereocenters. The van der Waals surface area contributed by atoms with Crippen LogP contribution in [0.2, 0.25) is 0 Å². The number of hydrogen-bond donors (Lipinski definition) is 0. The van der Waals surface area contributed by atoms with E-state index >= 15 is 0 Å². The Kier molecular flexibility index (Phi) is 4.90. The summed E-state index contributed by atoms with van der Waals surface area (Å²) in [4.78, 5) is 21.1. The summed E-state index contributed by atoms with van der Waals surface area (Å²) >= 11 is 0. The molecule has 1 amide bonds. The zero-order valence-corrected chi connectivity index (χ0v) is 15.6. The van der Waals surface area contributed by atoms with Gasteiger partial charge in [0.2, 0.25) is 5.82 Å². The SMILES string of the molecule is Cc1ccccc1CN1CCN(C(=O)c2ncn(C(C)(C)C)n2)CC1. The van der Waals surface area contributed by atoms with Gasteiger partial charge in [-0.2, -0.15) is 0 Å². The van der Waals surface area contributed by atoms with E-state index in [0.717, 1.165) is 32.7 Å². The molecule has 0 atom stereocenters. The van der Waals surface area contributed by atoms with Gasteiger partial charge in [0.15, 0.2) is 0 Å². The van der Waals surface area contributed by atoms with Gasteiger partial charge in [0.25, 0.3) is 5.91 Å². The molecule has 2 aromatic rings. The predicted molar refractivity (Wildman–Crippen MR) is 97.4 cm³/mol. The van der Waals surface area contributed by atoms with Crippen LogP contribution in [0.25, 0.3) is 0 Å². The summed E-state index contributed by atoms with van der Waals surface area (Å²) in [5, 5.41) is 4.36. The Morgan fingerprint density at radius 2 is 1.80 bits per heavy atom. The molecular formula is C19H27N5O. The average molecular weight is 341 g/mol. The van der Waals surface area contributed by atoms with Gasteiger partial charge in [-0.3, -0.25) is 9.69 Å². The number of carbonyl (C=O) groups is 1. The van der Waals surface area contributed by atoms with Crippen LogP contribution in [0.5, 0.6) is 0 Å². The van der Waals surface area contributed by atoms with Crippen LogP contribution in [0.15, 0.2) is 30.6 Å². The van der Waals surface area contributed by atoms with Crippen LogP contribution in [-0.4, -0.2) is 56.7 Å². The van der Waals surface area contributed by atoms with Crippen LogP contribution in [0.4, 0.5) is 0 Å². The summed E-state index contributed by atoms with van der Waals surface area (Å²) in [6, 6.07) is 8.47. The van der Waals surface area contributed by atoms with E-state index in [1.165, 1.54) is 11.1 Å². The van der Waals surface area contributed by atoms with E-state index in [4.69, 9.17) is 0 Å². The van der Waals surface area contributed by atoms with E-state index in [1.807, 2.05) is 25.7 Å². The molecule has 1 fully saturated rings. The molecule has 1 aliphatic rings. The third-order valence-corrected chi connectivity index (χ3v) is 4.69. The van der Waals surface area contributed by atoms with Crippen molar-refractivity contribution in [3.8, 4) is 0 Å². The molecule has 3 rings (SSSR count). The number of nitrogens with zero attached hydrogens (tertiary/aromatic N) is 5. The van der Waals surface area contributed by atoms with Crippen LogP contribution in [0.1, 0.15) is 42.5 Å². The number of rotatable bonds is 3. The van der Waals surface area contributed by atoms with Crippen LogP contribution >= 0.6 is 0 Å². The maximum absolute atomic E-state index is 12.6. The number of aryl methyl sites for hydroxylation is 1. The molecule has 1 aliphatic heterocycles. The number of piperazine rings is 1.